The number of fused-ring (bicyclic) bond motifs is 1. The highest BCUT2D eigenvalue weighted by Crippen LogP contribution is 2.34. The number of carbonyl (C=O) groups excluding carboxylic acids is 1. The first-order chi connectivity index (χ1) is 16.4. The number of aliphatic hydroxyl groups excluding tert-OH is 1. The zero-order valence-corrected chi connectivity index (χ0v) is 19.8. The number of methoxy groups -OCH3 is 1. The number of benzene rings is 2. The SMILES string of the molecule is COc1ccccc1-c1[nH]nc2ncc(-c3cccc(C(O)C(=O)N(C)CCN(C)C)c3)cc12. The summed E-state index contributed by atoms with van der Waals surface area (Å²) in [4.78, 5) is 20.8. The van der Waals surface area contributed by atoms with Crippen LogP contribution in [0.5, 0.6) is 5.75 Å². The highest BCUT2D eigenvalue weighted by atomic mass is 16.5. The Labute approximate surface area is 198 Å². The number of ether oxygens (including phenoxy) is 1. The molecule has 2 heterocycles. The number of hydrogen-bond donors (Lipinski definition) is 2. The molecule has 2 aromatic carbocycles. The third-order valence-electron chi connectivity index (χ3n) is 5.81. The van der Waals surface area contributed by atoms with E-state index < -0.39 is 6.10 Å². The number of hydrogen-bond acceptors (Lipinski definition) is 6. The monoisotopic (exact) mass is 459 g/mol. The molecule has 1 amide bonds. The van der Waals surface area contributed by atoms with Gasteiger partial charge in [0, 0.05) is 42.8 Å². The van der Waals surface area contributed by atoms with Gasteiger partial charge < -0.3 is 19.6 Å². The van der Waals surface area contributed by atoms with Gasteiger partial charge in [-0.25, -0.2) is 4.98 Å². The summed E-state index contributed by atoms with van der Waals surface area (Å²) in [5.74, 6) is 0.404. The molecule has 0 aliphatic carbocycles. The molecule has 0 fully saturated rings. The molecule has 0 radical (unpaired) electrons. The van der Waals surface area contributed by atoms with Gasteiger partial charge in [-0.05, 0) is 49.5 Å². The van der Waals surface area contributed by atoms with Crippen molar-refractivity contribution in [2.45, 2.75) is 6.10 Å². The number of pyridine rings is 1. The number of H-pyrrole nitrogens is 1. The number of amides is 1. The van der Waals surface area contributed by atoms with E-state index in [9.17, 15) is 9.90 Å². The molecule has 0 spiro atoms. The van der Waals surface area contributed by atoms with Crippen LogP contribution in [-0.4, -0.2) is 77.3 Å². The molecule has 0 saturated carbocycles. The Morgan fingerprint density at radius 1 is 1.06 bits per heavy atom. The maximum absolute atomic E-state index is 12.7. The number of para-hydroxylation sites is 1. The van der Waals surface area contributed by atoms with Gasteiger partial charge in [-0.2, -0.15) is 5.10 Å². The number of rotatable bonds is 8. The maximum Gasteiger partial charge on any atom is 0.255 e. The summed E-state index contributed by atoms with van der Waals surface area (Å²) in [6.07, 6.45) is 0.507. The molecule has 8 heteroatoms. The molecule has 1 unspecified atom stereocenters. The van der Waals surface area contributed by atoms with Crippen molar-refractivity contribution in [3.05, 3.63) is 66.4 Å². The average molecular weight is 460 g/mol. The largest absolute Gasteiger partial charge is 0.496 e. The van der Waals surface area contributed by atoms with Crippen molar-refractivity contribution in [2.24, 2.45) is 0 Å². The zero-order valence-electron chi connectivity index (χ0n) is 19.8. The van der Waals surface area contributed by atoms with Gasteiger partial charge >= 0.3 is 0 Å². The Balaban J connectivity index is 1.65. The number of aliphatic hydroxyl groups is 1. The van der Waals surface area contributed by atoms with Crippen LogP contribution in [-0.2, 0) is 4.79 Å². The summed E-state index contributed by atoms with van der Waals surface area (Å²) in [5.41, 5.74) is 4.54. The van der Waals surface area contributed by atoms with E-state index in [1.807, 2.05) is 67.5 Å². The second-order valence-electron chi connectivity index (χ2n) is 8.49. The molecule has 4 aromatic rings. The van der Waals surface area contributed by atoms with Crippen molar-refractivity contribution in [3.8, 4) is 28.1 Å². The van der Waals surface area contributed by atoms with Gasteiger partial charge in [0.1, 0.15) is 5.75 Å². The summed E-state index contributed by atoms with van der Waals surface area (Å²) in [7, 11) is 7.23. The Hall–Kier alpha value is -3.75. The molecule has 34 heavy (non-hydrogen) atoms. The van der Waals surface area contributed by atoms with Crippen LogP contribution >= 0.6 is 0 Å². The lowest BCUT2D eigenvalue weighted by atomic mass is 9.99. The number of nitrogens with one attached hydrogen (secondary N) is 1. The lowest BCUT2D eigenvalue weighted by Crippen LogP contribution is -2.36. The predicted octanol–water partition coefficient (Wildman–Crippen LogP) is 3.35. The number of carbonyl (C=O) groups is 1. The highest BCUT2D eigenvalue weighted by molar-refractivity contribution is 5.94. The van der Waals surface area contributed by atoms with E-state index in [0.29, 0.717) is 17.8 Å². The van der Waals surface area contributed by atoms with Crippen molar-refractivity contribution < 1.29 is 14.6 Å². The Morgan fingerprint density at radius 3 is 2.62 bits per heavy atom. The summed E-state index contributed by atoms with van der Waals surface area (Å²) in [6.45, 7) is 1.26. The van der Waals surface area contributed by atoms with E-state index in [2.05, 4.69) is 15.2 Å². The van der Waals surface area contributed by atoms with Crippen LogP contribution in [0.25, 0.3) is 33.4 Å². The molecular formula is C26H29N5O3. The summed E-state index contributed by atoms with van der Waals surface area (Å²) in [5, 5.41) is 19.0. The molecule has 0 aliphatic rings. The Kier molecular flexibility index (Phi) is 6.90. The second-order valence-corrected chi connectivity index (χ2v) is 8.49. The average Bonchev–Trinajstić information content (AvgIpc) is 3.29. The van der Waals surface area contributed by atoms with Crippen LogP contribution in [0.4, 0.5) is 0 Å². The standard InChI is InChI=1S/C26H29N5O3/c1-30(2)12-13-31(3)26(33)24(32)18-9-7-8-17(14-18)19-15-21-23(28-29-25(21)27-16-19)20-10-5-6-11-22(20)34-4/h5-11,14-16,24,32H,12-13H2,1-4H3,(H,27,28,29). The van der Waals surface area contributed by atoms with Gasteiger partial charge in [0.2, 0.25) is 0 Å². The van der Waals surface area contributed by atoms with Crippen LogP contribution in [0.1, 0.15) is 11.7 Å². The lowest BCUT2D eigenvalue weighted by molar-refractivity contribution is -0.139. The molecule has 2 aromatic heterocycles. The summed E-state index contributed by atoms with van der Waals surface area (Å²) < 4.78 is 5.51. The quantitative estimate of drug-likeness (QED) is 0.420. The zero-order chi connectivity index (χ0) is 24.2. The second kappa shape index (κ2) is 10.0. The first kappa shape index (κ1) is 23.4. The van der Waals surface area contributed by atoms with E-state index in [1.54, 1.807) is 31.3 Å². The first-order valence-electron chi connectivity index (χ1n) is 11.0. The molecular weight excluding hydrogens is 430 g/mol. The fraction of sp³-hybridized carbons (Fsp3) is 0.269. The summed E-state index contributed by atoms with van der Waals surface area (Å²) >= 11 is 0. The summed E-state index contributed by atoms with van der Waals surface area (Å²) in [6, 6.07) is 17.1. The Bertz CT molecular complexity index is 1300. The van der Waals surface area contributed by atoms with E-state index in [0.717, 1.165) is 40.1 Å². The minimum Gasteiger partial charge on any atom is -0.496 e. The Morgan fingerprint density at radius 2 is 1.85 bits per heavy atom. The number of aromatic nitrogens is 3. The van der Waals surface area contributed by atoms with Gasteiger partial charge in [0.25, 0.3) is 5.91 Å². The topological polar surface area (TPSA) is 94.6 Å². The predicted molar refractivity (Wildman–Crippen MR) is 132 cm³/mol. The maximum atomic E-state index is 12.7. The van der Waals surface area contributed by atoms with Gasteiger partial charge in [-0.15, -0.1) is 0 Å². The van der Waals surface area contributed by atoms with E-state index >= 15 is 0 Å². The van der Waals surface area contributed by atoms with Crippen LogP contribution in [0.3, 0.4) is 0 Å². The van der Waals surface area contributed by atoms with Crippen LogP contribution < -0.4 is 4.74 Å². The molecule has 0 aliphatic heterocycles. The number of nitrogens with zero attached hydrogens (tertiary/aromatic N) is 4. The molecule has 4 rings (SSSR count). The van der Waals surface area contributed by atoms with Gasteiger partial charge in [-0.3, -0.25) is 9.89 Å². The fourth-order valence-corrected chi connectivity index (χ4v) is 3.81. The van der Waals surface area contributed by atoms with E-state index in [1.165, 1.54) is 0 Å². The van der Waals surface area contributed by atoms with Crippen molar-refractivity contribution in [1.82, 2.24) is 25.0 Å². The van der Waals surface area contributed by atoms with Gasteiger partial charge in [0.15, 0.2) is 11.8 Å². The van der Waals surface area contributed by atoms with Gasteiger partial charge in [-0.1, -0.05) is 30.3 Å². The number of likely N-dealkylation sites (N-methyl/N-ethyl adjacent to an activating group) is 2. The molecule has 0 bridgehead atoms. The molecule has 1 atom stereocenters. The van der Waals surface area contributed by atoms with Gasteiger partial charge in [0.05, 0.1) is 12.8 Å². The molecule has 0 saturated heterocycles. The third kappa shape index (κ3) is 4.78. The smallest absolute Gasteiger partial charge is 0.255 e. The molecule has 2 N–H and O–H groups in total. The van der Waals surface area contributed by atoms with Crippen molar-refractivity contribution >= 4 is 16.9 Å². The third-order valence-corrected chi connectivity index (χ3v) is 5.81. The molecule has 8 nitrogen and oxygen atoms in total. The van der Waals surface area contributed by atoms with Crippen LogP contribution in [0.15, 0.2) is 60.8 Å². The normalized spacial score (nSPS) is 12.2. The van der Waals surface area contributed by atoms with Crippen LogP contribution in [0, 0.1) is 0 Å². The minimum absolute atomic E-state index is 0.333. The van der Waals surface area contributed by atoms with Crippen molar-refractivity contribution in [1.29, 1.82) is 0 Å². The number of aromatic amines is 1. The molecule has 176 valence electrons. The van der Waals surface area contributed by atoms with Crippen molar-refractivity contribution in [2.75, 3.05) is 41.3 Å². The van der Waals surface area contributed by atoms with E-state index in [-0.39, 0.29) is 5.91 Å². The fourth-order valence-electron chi connectivity index (χ4n) is 3.81. The lowest BCUT2D eigenvalue weighted by Gasteiger charge is -2.22. The first-order valence-corrected chi connectivity index (χ1v) is 11.0. The van der Waals surface area contributed by atoms with Crippen molar-refractivity contribution in [3.63, 3.8) is 0 Å². The minimum atomic E-state index is -1.23. The van der Waals surface area contributed by atoms with Crippen LogP contribution in [0.2, 0.25) is 0 Å². The highest BCUT2D eigenvalue weighted by Gasteiger charge is 2.22. The van der Waals surface area contributed by atoms with E-state index in [4.69, 9.17) is 4.74 Å².